The van der Waals surface area contributed by atoms with Gasteiger partial charge in [0.1, 0.15) is 0 Å². The average Bonchev–Trinajstić information content (AvgIpc) is 2.74. The van der Waals surface area contributed by atoms with Crippen LogP contribution in [0.25, 0.3) is 0 Å². The third kappa shape index (κ3) is 4.23. The Bertz CT molecular complexity index is 311. The van der Waals surface area contributed by atoms with Gasteiger partial charge in [-0.25, -0.2) is 4.79 Å². The van der Waals surface area contributed by atoms with Crippen LogP contribution in [0.2, 0.25) is 0 Å². The lowest BCUT2D eigenvalue weighted by molar-refractivity contribution is 0.113. The molecule has 1 aliphatic rings. The summed E-state index contributed by atoms with van der Waals surface area (Å²) in [4.78, 5) is 13.6. The number of terminal acetylenes is 1. The Labute approximate surface area is 110 Å². The van der Waals surface area contributed by atoms with Gasteiger partial charge >= 0.3 is 6.03 Å². The van der Waals surface area contributed by atoms with Crippen LogP contribution in [-0.4, -0.2) is 41.8 Å². The van der Waals surface area contributed by atoms with Crippen LogP contribution in [0, 0.1) is 18.3 Å². The van der Waals surface area contributed by atoms with Crippen LogP contribution in [0.15, 0.2) is 0 Å². The Hall–Kier alpha value is -1.21. The molecular weight excluding hydrogens is 228 g/mol. The van der Waals surface area contributed by atoms with Gasteiger partial charge in [-0.15, -0.1) is 12.3 Å². The summed E-state index contributed by atoms with van der Waals surface area (Å²) in [5.74, 6) is 2.79. The molecule has 0 radical (unpaired) electrons. The zero-order valence-corrected chi connectivity index (χ0v) is 11.4. The number of aliphatic hydroxyl groups excluding tert-OH is 1. The van der Waals surface area contributed by atoms with Crippen LogP contribution < -0.4 is 5.32 Å². The average molecular weight is 252 g/mol. The Balaban J connectivity index is 2.38. The second-order valence-corrected chi connectivity index (χ2v) is 5.10. The van der Waals surface area contributed by atoms with E-state index >= 15 is 0 Å². The number of urea groups is 1. The van der Waals surface area contributed by atoms with E-state index in [0.717, 1.165) is 25.7 Å². The molecule has 1 saturated carbocycles. The highest BCUT2D eigenvalue weighted by Gasteiger charge is 2.27. The first-order valence-corrected chi connectivity index (χ1v) is 6.71. The minimum Gasteiger partial charge on any atom is -0.393 e. The van der Waals surface area contributed by atoms with Crippen LogP contribution in [0.4, 0.5) is 4.79 Å². The standard InChI is InChI=1S/C14H24N2O2/c1-4-7-12(5-2)15-14(18)16(3)10-11-8-6-9-13(11)17/h1,11-13,17H,5-10H2,2-3H3,(H,15,18)/t11-,12+,13+/m1/s1. The molecule has 4 heteroatoms. The first kappa shape index (κ1) is 14.8. The van der Waals surface area contributed by atoms with Gasteiger partial charge in [-0.1, -0.05) is 13.3 Å². The zero-order chi connectivity index (χ0) is 13.5. The van der Waals surface area contributed by atoms with Crippen molar-refractivity contribution >= 4 is 6.03 Å². The fourth-order valence-electron chi connectivity index (χ4n) is 2.39. The highest BCUT2D eigenvalue weighted by molar-refractivity contribution is 5.74. The van der Waals surface area contributed by atoms with Gasteiger partial charge in [0.15, 0.2) is 0 Å². The topological polar surface area (TPSA) is 52.6 Å². The molecule has 1 rings (SSSR count). The van der Waals surface area contributed by atoms with Crippen LogP contribution in [0.5, 0.6) is 0 Å². The molecule has 0 aromatic heterocycles. The molecule has 0 aromatic carbocycles. The Morgan fingerprint density at radius 3 is 2.83 bits per heavy atom. The van der Waals surface area contributed by atoms with Gasteiger partial charge in [0, 0.05) is 32.0 Å². The molecule has 4 nitrogen and oxygen atoms in total. The highest BCUT2D eigenvalue weighted by Crippen LogP contribution is 2.25. The number of amides is 2. The molecule has 0 bridgehead atoms. The number of nitrogens with one attached hydrogen (secondary N) is 1. The number of hydrogen-bond donors (Lipinski definition) is 2. The molecular formula is C14H24N2O2. The first-order valence-electron chi connectivity index (χ1n) is 6.71. The smallest absolute Gasteiger partial charge is 0.317 e. The van der Waals surface area contributed by atoms with E-state index in [1.807, 2.05) is 6.92 Å². The highest BCUT2D eigenvalue weighted by atomic mass is 16.3. The molecule has 2 N–H and O–H groups in total. The summed E-state index contributed by atoms with van der Waals surface area (Å²) in [7, 11) is 1.77. The fraction of sp³-hybridized carbons (Fsp3) is 0.786. The van der Waals surface area contributed by atoms with E-state index in [2.05, 4.69) is 11.2 Å². The van der Waals surface area contributed by atoms with Crippen molar-refractivity contribution in [2.75, 3.05) is 13.6 Å². The third-order valence-electron chi connectivity index (χ3n) is 3.66. The van der Waals surface area contributed by atoms with Gasteiger partial charge in [-0.2, -0.15) is 0 Å². The van der Waals surface area contributed by atoms with Crippen molar-refractivity contribution in [2.24, 2.45) is 5.92 Å². The molecule has 0 unspecified atom stereocenters. The third-order valence-corrected chi connectivity index (χ3v) is 3.66. The molecule has 0 spiro atoms. The summed E-state index contributed by atoms with van der Waals surface area (Å²) in [6, 6.07) is -0.0605. The quantitative estimate of drug-likeness (QED) is 0.730. The van der Waals surface area contributed by atoms with Gasteiger partial charge < -0.3 is 15.3 Å². The minimum atomic E-state index is -0.257. The first-order chi connectivity index (χ1) is 8.58. The molecule has 1 fully saturated rings. The van der Waals surface area contributed by atoms with Crippen molar-refractivity contribution in [2.45, 2.75) is 51.2 Å². The van der Waals surface area contributed by atoms with Gasteiger partial charge in [-0.05, 0) is 19.3 Å². The molecule has 1 aliphatic carbocycles. The van der Waals surface area contributed by atoms with Crippen molar-refractivity contribution in [3.05, 3.63) is 0 Å². The Kier molecular flexibility index (Phi) is 6.00. The number of carbonyl (C=O) groups is 1. The van der Waals surface area contributed by atoms with Gasteiger partial charge in [0.2, 0.25) is 0 Å². The molecule has 102 valence electrons. The van der Waals surface area contributed by atoms with E-state index in [9.17, 15) is 9.90 Å². The summed E-state index contributed by atoms with van der Waals surface area (Å²) in [6.07, 6.45) is 9.30. The number of rotatable bonds is 5. The van der Waals surface area contributed by atoms with Gasteiger partial charge in [-0.3, -0.25) is 0 Å². The fourth-order valence-corrected chi connectivity index (χ4v) is 2.39. The lowest BCUT2D eigenvalue weighted by Crippen LogP contribution is -2.45. The van der Waals surface area contributed by atoms with Crippen molar-refractivity contribution in [1.82, 2.24) is 10.2 Å². The summed E-state index contributed by atoms with van der Waals surface area (Å²) < 4.78 is 0. The second kappa shape index (κ2) is 7.27. The van der Waals surface area contributed by atoms with Crippen molar-refractivity contribution in [1.29, 1.82) is 0 Å². The molecule has 0 saturated heterocycles. The summed E-state index contributed by atoms with van der Waals surface area (Å²) in [5, 5.41) is 12.7. The molecule has 18 heavy (non-hydrogen) atoms. The van der Waals surface area contributed by atoms with Crippen molar-refractivity contribution in [3.8, 4) is 12.3 Å². The number of hydrogen-bond acceptors (Lipinski definition) is 2. The van der Waals surface area contributed by atoms with E-state index in [-0.39, 0.29) is 24.1 Å². The van der Waals surface area contributed by atoms with Gasteiger partial charge in [0.05, 0.1) is 6.10 Å². The number of carbonyl (C=O) groups excluding carboxylic acids is 1. The van der Waals surface area contributed by atoms with Crippen LogP contribution in [0.3, 0.4) is 0 Å². The SMILES string of the molecule is C#CC[C@H](CC)NC(=O)N(C)C[C@H]1CCC[C@@H]1O. The van der Waals surface area contributed by atoms with E-state index < -0.39 is 0 Å². The zero-order valence-electron chi connectivity index (χ0n) is 11.4. The number of nitrogens with zero attached hydrogens (tertiary/aromatic N) is 1. The van der Waals surface area contributed by atoms with Crippen molar-refractivity contribution in [3.63, 3.8) is 0 Å². The largest absolute Gasteiger partial charge is 0.393 e. The molecule has 0 aromatic rings. The van der Waals surface area contributed by atoms with E-state index in [1.165, 1.54) is 0 Å². The summed E-state index contributed by atoms with van der Waals surface area (Å²) in [6.45, 7) is 2.61. The lowest BCUT2D eigenvalue weighted by atomic mass is 10.1. The van der Waals surface area contributed by atoms with E-state index in [4.69, 9.17) is 6.42 Å². The maximum Gasteiger partial charge on any atom is 0.317 e. The predicted octanol–water partition coefficient (Wildman–Crippen LogP) is 1.59. The maximum absolute atomic E-state index is 11.9. The lowest BCUT2D eigenvalue weighted by Gasteiger charge is -2.25. The second-order valence-electron chi connectivity index (χ2n) is 5.10. The maximum atomic E-state index is 11.9. The summed E-state index contributed by atoms with van der Waals surface area (Å²) in [5.41, 5.74) is 0. The van der Waals surface area contributed by atoms with Crippen LogP contribution in [-0.2, 0) is 0 Å². The van der Waals surface area contributed by atoms with Gasteiger partial charge in [0.25, 0.3) is 0 Å². The van der Waals surface area contributed by atoms with Crippen LogP contribution in [0.1, 0.15) is 39.0 Å². The predicted molar refractivity (Wildman–Crippen MR) is 72.0 cm³/mol. The number of aliphatic hydroxyl groups is 1. The normalized spacial score (nSPS) is 24.3. The van der Waals surface area contributed by atoms with Crippen LogP contribution >= 0.6 is 0 Å². The molecule has 0 heterocycles. The molecule has 3 atom stereocenters. The monoisotopic (exact) mass is 252 g/mol. The Morgan fingerprint density at radius 2 is 2.33 bits per heavy atom. The Morgan fingerprint density at radius 1 is 1.61 bits per heavy atom. The summed E-state index contributed by atoms with van der Waals surface area (Å²) >= 11 is 0. The minimum absolute atomic E-state index is 0.0402. The van der Waals surface area contributed by atoms with E-state index in [0.29, 0.717) is 13.0 Å². The van der Waals surface area contributed by atoms with Crippen molar-refractivity contribution < 1.29 is 9.90 Å². The van der Waals surface area contributed by atoms with E-state index in [1.54, 1.807) is 11.9 Å². The molecule has 2 amide bonds. The molecule has 0 aliphatic heterocycles.